The molecule has 2 aliphatic heterocycles. The molecule has 0 saturated carbocycles. The third-order valence-corrected chi connectivity index (χ3v) is 7.18. The number of amides is 1. The number of rotatable bonds is 7. The van der Waals surface area contributed by atoms with Crippen LogP contribution in [0.2, 0.25) is 0 Å². The fraction of sp³-hybridized carbons (Fsp3) is 0.310. The van der Waals surface area contributed by atoms with Crippen LogP contribution >= 0.6 is 0 Å². The molecule has 10 heteroatoms. The monoisotopic (exact) mass is 538 g/mol. The number of aromatic carboxylic acids is 1. The number of carboxylic acid groups (broad SMARTS) is 1. The number of pyridine rings is 1. The summed E-state index contributed by atoms with van der Waals surface area (Å²) in [6.07, 6.45) is -2.38. The van der Waals surface area contributed by atoms with Crippen molar-refractivity contribution in [1.29, 1.82) is 0 Å². The van der Waals surface area contributed by atoms with Crippen molar-refractivity contribution in [2.75, 3.05) is 13.2 Å². The minimum absolute atomic E-state index is 0.0524. The number of alkyl halides is 3. The number of fused-ring (bicyclic) bond motifs is 3. The van der Waals surface area contributed by atoms with Gasteiger partial charge in [0.25, 0.3) is 5.91 Å². The molecule has 0 unspecified atom stereocenters. The molecule has 7 nitrogen and oxygen atoms in total. The number of benzene rings is 2. The maximum Gasteiger partial charge on any atom is 0.416 e. The highest BCUT2D eigenvalue weighted by Gasteiger charge is 2.44. The first-order valence-corrected chi connectivity index (χ1v) is 12.6. The van der Waals surface area contributed by atoms with Gasteiger partial charge >= 0.3 is 18.1 Å². The Morgan fingerprint density at radius 2 is 1.74 bits per heavy atom. The van der Waals surface area contributed by atoms with Gasteiger partial charge in [0.1, 0.15) is 0 Å². The summed E-state index contributed by atoms with van der Waals surface area (Å²) in [7, 11) is 0. The van der Waals surface area contributed by atoms with E-state index in [-0.39, 0.29) is 36.1 Å². The lowest BCUT2D eigenvalue weighted by Gasteiger charge is -2.18. The minimum atomic E-state index is -4.44. The summed E-state index contributed by atoms with van der Waals surface area (Å²) < 4.78 is 44.4. The van der Waals surface area contributed by atoms with E-state index in [1.54, 1.807) is 24.0 Å². The Bertz CT molecular complexity index is 1450. The normalized spacial score (nSPS) is 16.3. The molecule has 0 bridgehead atoms. The van der Waals surface area contributed by atoms with E-state index in [2.05, 4.69) is 0 Å². The SMILES string of the molecule is CCOC(=O)c1c(CCc2ccc(C(F)(F)F)cc2)nc2c(c1-c1ccc(C(=O)O)cc1)C(=O)N1CCC[C@@H]21. The van der Waals surface area contributed by atoms with Gasteiger partial charge in [-0.1, -0.05) is 24.3 Å². The Labute approximate surface area is 222 Å². The Kier molecular flexibility index (Phi) is 6.88. The van der Waals surface area contributed by atoms with Crippen molar-refractivity contribution in [1.82, 2.24) is 9.88 Å². The molecule has 1 N–H and O–H groups in total. The van der Waals surface area contributed by atoms with Crippen molar-refractivity contribution in [2.24, 2.45) is 0 Å². The molecule has 0 spiro atoms. The summed E-state index contributed by atoms with van der Waals surface area (Å²) in [5.74, 6) is -2.02. The molecule has 3 heterocycles. The smallest absolute Gasteiger partial charge is 0.416 e. The van der Waals surface area contributed by atoms with E-state index in [4.69, 9.17) is 9.72 Å². The molecule has 1 fully saturated rings. The maximum absolute atomic E-state index is 13.5. The molecule has 2 aliphatic rings. The van der Waals surface area contributed by atoms with Gasteiger partial charge in [-0.05, 0) is 68.0 Å². The van der Waals surface area contributed by atoms with Gasteiger partial charge in [-0.15, -0.1) is 0 Å². The van der Waals surface area contributed by atoms with Gasteiger partial charge in [0.05, 0.1) is 46.3 Å². The van der Waals surface area contributed by atoms with Crippen LogP contribution in [-0.4, -0.2) is 46.0 Å². The molecule has 2 aromatic carbocycles. The molecular weight excluding hydrogens is 513 g/mol. The number of hydrogen-bond donors (Lipinski definition) is 1. The summed E-state index contributed by atoms with van der Waals surface area (Å²) in [4.78, 5) is 44.9. The third-order valence-electron chi connectivity index (χ3n) is 7.18. The van der Waals surface area contributed by atoms with Crippen molar-refractivity contribution in [2.45, 2.75) is 44.8 Å². The Hall–Kier alpha value is -4.21. The zero-order valence-corrected chi connectivity index (χ0v) is 21.0. The van der Waals surface area contributed by atoms with Gasteiger partial charge in [0.2, 0.25) is 0 Å². The molecule has 1 aromatic heterocycles. The third kappa shape index (κ3) is 4.86. The molecule has 1 saturated heterocycles. The number of esters is 1. The first-order valence-electron chi connectivity index (χ1n) is 12.6. The number of aryl methyl sites for hydroxylation is 2. The maximum atomic E-state index is 13.5. The second kappa shape index (κ2) is 10.2. The number of carbonyl (C=O) groups is 3. The van der Waals surface area contributed by atoms with E-state index in [0.717, 1.165) is 25.0 Å². The second-order valence-corrected chi connectivity index (χ2v) is 9.52. The average Bonchev–Trinajstić information content (AvgIpc) is 3.49. The van der Waals surface area contributed by atoms with Gasteiger partial charge in [-0.3, -0.25) is 9.78 Å². The number of carboxylic acids is 1. The van der Waals surface area contributed by atoms with Gasteiger partial charge < -0.3 is 14.7 Å². The number of aromatic nitrogens is 1. The fourth-order valence-corrected chi connectivity index (χ4v) is 5.35. The van der Waals surface area contributed by atoms with E-state index in [0.29, 0.717) is 46.6 Å². The Balaban J connectivity index is 1.64. The molecule has 0 radical (unpaired) electrons. The van der Waals surface area contributed by atoms with Crippen LogP contribution in [0.1, 0.15) is 79.4 Å². The van der Waals surface area contributed by atoms with Crippen molar-refractivity contribution in [3.05, 3.63) is 87.7 Å². The van der Waals surface area contributed by atoms with Crippen LogP contribution < -0.4 is 0 Å². The Morgan fingerprint density at radius 1 is 1.05 bits per heavy atom. The zero-order valence-electron chi connectivity index (χ0n) is 21.0. The molecule has 39 heavy (non-hydrogen) atoms. The summed E-state index contributed by atoms with van der Waals surface area (Å²) in [6.45, 7) is 2.30. The fourth-order valence-electron chi connectivity index (χ4n) is 5.35. The molecule has 1 amide bonds. The summed E-state index contributed by atoms with van der Waals surface area (Å²) >= 11 is 0. The molecule has 0 aliphatic carbocycles. The van der Waals surface area contributed by atoms with Gasteiger partial charge in [0.15, 0.2) is 0 Å². The number of ether oxygens (including phenoxy) is 1. The summed E-state index contributed by atoms with van der Waals surface area (Å²) in [6, 6.07) is 10.5. The van der Waals surface area contributed by atoms with Crippen molar-refractivity contribution < 1.29 is 37.4 Å². The number of hydrogen-bond acceptors (Lipinski definition) is 5. The van der Waals surface area contributed by atoms with Crippen molar-refractivity contribution in [3.63, 3.8) is 0 Å². The lowest BCUT2D eigenvalue weighted by Crippen LogP contribution is -2.23. The van der Waals surface area contributed by atoms with Crippen LogP contribution in [0.3, 0.4) is 0 Å². The standard InChI is InChI=1S/C29H25F3N2O5/c1-2-39-28(38)23-20(14-7-16-5-12-19(13-6-16)29(30,31)32)33-25-21-4-3-15-34(21)26(35)24(25)22(23)17-8-10-18(11-9-17)27(36)37/h5-6,8-13,21H,2-4,7,14-15H2,1H3,(H,36,37)/t21-/m0/s1. The lowest BCUT2D eigenvalue weighted by atomic mass is 9.89. The van der Waals surface area contributed by atoms with Gasteiger partial charge in [-0.25, -0.2) is 9.59 Å². The van der Waals surface area contributed by atoms with Crippen LogP contribution in [-0.2, 0) is 23.8 Å². The predicted molar refractivity (Wildman–Crippen MR) is 134 cm³/mol. The number of halogens is 3. The van der Waals surface area contributed by atoms with Crippen LogP contribution in [0.15, 0.2) is 48.5 Å². The van der Waals surface area contributed by atoms with E-state index >= 15 is 0 Å². The number of nitrogens with zero attached hydrogens (tertiary/aromatic N) is 2. The number of carbonyl (C=O) groups excluding carboxylic acids is 2. The quantitative estimate of drug-likeness (QED) is 0.387. The van der Waals surface area contributed by atoms with Crippen LogP contribution in [0.4, 0.5) is 13.2 Å². The Morgan fingerprint density at radius 3 is 2.36 bits per heavy atom. The first-order chi connectivity index (χ1) is 18.6. The van der Waals surface area contributed by atoms with E-state index in [1.165, 1.54) is 24.3 Å². The summed E-state index contributed by atoms with van der Waals surface area (Å²) in [5, 5.41) is 9.34. The minimum Gasteiger partial charge on any atom is -0.478 e. The van der Waals surface area contributed by atoms with E-state index in [1.807, 2.05) is 0 Å². The highest BCUT2D eigenvalue weighted by molar-refractivity contribution is 6.11. The van der Waals surface area contributed by atoms with Crippen LogP contribution in [0, 0.1) is 0 Å². The molecular formula is C29H25F3N2O5. The summed E-state index contributed by atoms with van der Waals surface area (Å²) in [5.41, 5.74) is 2.12. The van der Waals surface area contributed by atoms with E-state index < -0.39 is 23.7 Å². The molecule has 5 rings (SSSR count). The zero-order chi connectivity index (χ0) is 27.9. The van der Waals surface area contributed by atoms with Gasteiger partial charge in [-0.2, -0.15) is 13.2 Å². The van der Waals surface area contributed by atoms with Crippen molar-refractivity contribution in [3.8, 4) is 11.1 Å². The highest BCUT2D eigenvalue weighted by Crippen LogP contribution is 2.45. The molecule has 3 aromatic rings. The van der Waals surface area contributed by atoms with Crippen LogP contribution in [0.5, 0.6) is 0 Å². The molecule has 1 atom stereocenters. The van der Waals surface area contributed by atoms with Gasteiger partial charge in [0, 0.05) is 12.1 Å². The lowest BCUT2D eigenvalue weighted by molar-refractivity contribution is -0.137. The van der Waals surface area contributed by atoms with Crippen LogP contribution in [0.25, 0.3) is 11.1 Å². The largest absolute Gasteiger partial charge is 0.478 e. The predicted octanol–water partition coefficient (Wildman–Crippen LogP) is 5.72. The second-order valence-electron chi connectivity index (χ2n) is 9.52. The molecule has 202 valence electrons. The first kappa shape index (κ1) is 26.4. The van der Waals surface area contributed by atoms with E-state index in [9.17, 15) is 32.7 Å². The highest BCUT2D eigenvalue weighted by atomic mass is 19.4. The average molecular weight is 539 g/mol. The van der Waals surface area contributed by atoms with Crippen molar-refractivity contribution >= 4 is 17.8 Å². The topological polar surface area (TPSA) is 96.8 Å².